The summed E-state index contributed by atoms with van der Waals surface area (Å²) in [4.78, 5) is 12.4. The van der Waals surface area contributed by atoms with Gasteiger partial charge in [-0.2, -0.15) is 0 Å². The monoisotopic (exact) mass is 403 g/mol. The Morgan fingerprint density at radius 1 is 1.00 bits per heavy atom. The molecule has 0 aliphatic carbocycles. The van der Waals surface area contributed by atoms with Crippen LogP contribution in [0.15, 0.2) is 33.2 Å². The van der Waals surface area contributed by atoms with E-state index in [0.717, 1.165) is 22.2 Å². The standard InChI is InChI=1S/C14H9Br2F2NO/c1-6-2-10(16)7(3-9(6)15)14(20)8-4-11(17)12(18)5-13(8)19/h2-5H,19H2,1H3. The summed E-state index contributed by atoms with van der Waals surface area (Å²) in [5, 5.41) is 0. The van der Waals surface area contributed by atoms with Crippen LogP contribution in [0.25, 0.3) is 0 Å². The van der Waals surface area contributed by atoms with Gasteiger partial charge in [0.05, 0.1) is 0 Å². The van der Waals surface area contributed by atoms with Gasteiger partial charge >= 0.3 is 0 Å². The van der Waals surface area contributed by atoms with Gasteiger partial charge in [-0.05, 0) is 30.7 Å². The van der Waals surface area contributed by atoms with Crippen molar-refractivity contribution in [1.82, 2.24) is 0 Å². The molecular weight excluding hydrogens is 396 g/mol. The topological polar surface area (TPSA) is 43.1 Å². The summed E-state index contributed by atoms with van der Waals surface area (Å²) in [6.07, 6.45) is 0. The Labute approximate surface area is 131 Å². The minimum atomic E-state index is -1.11. The summed E-state index contributed by atoms with van der Waals surface area (Å²) in [5.74, 6) is -2.66. The fourth-order valence-electron chi connectivity index (χ4n) is 1.72. The quantitative estimate of drug-likeness (QED) is 0.586. The Morgan fingerprint density at radius 2 is 1.60 bits per heavy atom. The average molecular weight is 405 g/mol. The Kier molecular flexibility index (Phi) is 4.25. The Morgan fingerprint density at radius 3 is 2.25 bits per heavy atom. The molecule has 0 fully saturated rings. The zero-order chi connectivity index (χ0) is 15.0. The first-order valence-corrected chi connectivity index (χ1v) is 7.14. The third-order valence-electron chi connectivity index (χ3n) is 2.83. The Balaban J connectivity index is 2.57. The molecule has 0 bridgehead atoms. The molecule has 2 rings (SSSR count). The Bertz CT molecular complexity index is 657. The van der Waals surface area contributed by atoms with Gasteiger partial charge in [0.15, 0.2) is 17.4 Å². The second-order valence-electron chi connectivity index (χ2n) is 4.26. The summed E-state index contributed by atoms with van der Waals surface area (Å²) in [6.45, 7) is 1.87. The van der Waals surface area contributed by atoms with Crippen LogP contribution >= 0.6 is 31.9 Å². The van der Waals surface area contributed by atoms with Crippen molar-refractivity contribution in [3.8, 4) is 0 Å². The summed E-state index contributed by atoms with van der Waals surface area (Å²) in [5.41, 5.74) is 6.68. The number of halogens is 4. The lowest BCUT2D eigenvalue weighted by Gasteiger charge is -2.09. The highest BCUT2D eigenvalue weighted by molar-refractivity contribution is 9.11. The number of ketones is 1. The molecule has 2 aromatic rings. The summed E-state index contributed by atoms with van der Waals surface area (Å²) >= 11 is 6.61. The molecule has 0 spiro atoms. The summed E-state index contributed by atoms with van der Waals surface area (Å²) in [7, 11) is 0. The maximum absolute atomic E-state index is 13.3. The van der Waals surface area contributed by atoms with Gasteiger partial charge in [0.1, 0.15) is 0 Å². The van der Waals surface area contributed by atoms with Crippen molar-refractivity contribution < 1.29 is 13.6 Å². The maximum Gasteiger partial charge on any atom is 0.196 e. The molecule has 0 amide bonds. The zero-order valence-electron chi connectivity index (χ0n) is 10.3. The molecule has 104 valence electrons. The van der Waals surface area contributed by atoms with Gasteiger partial charge < -0.3 is 5.73 Å². The number of carbonyl (C=O) groups is 1. The molecule has 2 N–H and O–H groups in total. The van der Waals surface area contributed by atoms with E-state index in [4.69, 9.17) is 5.73 Å². The van der Waals surface area contributed by atoms with Crippen LogP contribution in [0.1, 0.15) is 21.5 Å². The number of hydrogen-bond donors (Lipinski definition) is 1. The molecule has 0 aliphatic rings. The van der Waals surface area contributed by atoms with E-state index >= 15 is 0 Å². The first-order chi connectivity index (χ1) is 9.31. The average Bonchev–Trinajstić information content (AvgIpc) is 2.37. The number of nitrogen functional groups attached to an aromatic ring is 1. The fourth-order valence-corrected chi connectivity index (χ4v) is 2.71. The second-order valence-corrected chi connectivity index (χ2v) is 5.97. The molecule has 0 aromatic heterocycles. The third-order valence-corrected chi connectivity index (χ3v) is 4.34. The van der Waals surface area contributed by atoms with Gasteiger partial charge in [0.2, 0.25) is 0 Å². The molecular formula is C14H9Br2F2NO. The maximum atomic E-state index is 13.3. The number of rotatable bonds is 2. The summed E-state index contributed by atoms with van der Waals surface area (Å²) < 4.78 is 27.6. The molecule has 2 nitrogen and oxygen atoms in total. The van der Waals surface area contributed by atoms with Crippen molar-refractivity contribution in [1.29, 1.82) is 0 Å². The van der Waals surface area contributed by atoms with Gasteiger partial charge in [-0.15, -0.1) is 0 Å². The van der Waals surface area contributed by atoms with Crippen molar-refractivity contribution in [3.05, 3.63) is 61.5 Å². The molecule has 2 aromatic carbocycles. The van der Waals surface area contributed by atoms with Gasteiger partial charge in [-0.3, -0.25) is 4.79 Å². The lowest BCUT2D eigenvalue weighted by atomic mass is 10.0. The number of anilines is 1. The molecule has 0 aliphatic heterocycles. The van der Waals surface area contributed by atoms with Crippen molar-refractivity contribution in [3.63, 3.8) is 0 Å². The minimum absolute atomic E-state index is 0.0691. The molecule has 20 heavy (non-hydrogen) atoms. The number of nitrogens with two attached hydrogens (primary N) is 1. The molecule has 0 atom stereocenters. The van der Waals surface area contributed by atoms with Crippen molar-refractivity contribution in [2.24, 2.45) is 0 Å². The van der Waals surface area contributed by atoms with Crippen molar-refractivity contribution in [2.75, 3.05) is 5.73 Å². The van der Waals surface area contributed by atoms with E-state index in [1.165, 1.54) is 0 Å². The van der Waals surface area contributed by atoms with Gasteiger partial charge in [0.25, 0.3) is 0 Å². The van der Waals surface area contributed by atoms with Crippen LogP contribution in [0.5, 0.6) is 0 Å². The summed E-state index contributed by atoms with van der Waals surface area (Å²) in [6, 6.07) is 4.99. The SMILES string of the molecule is Cc1cc(Br)c(C(=O)c2cc(F)c(F)cc2N)cc1Br. The smallest absolute Gasteiger partial charge is 0.196 e. The van der Waals surface area contributed by atoms with Crippen LogP contribution in [-0.2, 0) is 0 Å². The third kappa shape index (κ3) is 2.76. The Hall–Kier alpha value is -1.27. The van der Waals surface area contributed by atoms with Crippen LogP contribution in [0, 0.1) is 18.6 Å². The van der Waals surface area contributed by atoms with E-state index in [1.807, 2.05) is 6.92 Å². The van der Waals surface area contributed by atoms with E-state index in [2.05, 4.69) is 31.9 Å². The molecule has 0 saturated heterocycles. The molecule has 0 saturated carbocycles. The van der Waals surface area contributed by atoms with E-state index in [0.29, 0.717) is 10.0 Å². The lowest BCUT2D eigenvalue weighted by Crippen LogP contribution is -2.08. The van der Waals surface area contributed by atoms with Crippen LogP contribution in [0.4, 0.5) is 14.5 Å². The molecule has 0 unspecified atom stereocenters. The highest BCUT2D eigenvalue weighted by Crippen LogP contribution is 2.29. The molecule has 0 heterocycles. The van der Waals surface area contributed by atoms with Crippen LogP contribution in [-0.4, -0.2) is 5.78 Å². The first-order valence-electron chi connectivity index (χ1n) is 5.56. The fraction of sp³-hybridized carbons (Fsp3) is 0.0714. The zero-order valence-corrected chi connectivity index (χ0v) is 13.5. The number of aryl methyl sites for hydroxylation is 1. The van der Waals surface area contributed by atoms with Crippen LogP contribution < -0.4 is 5.73 Å². The van der Waals surface area contributed by atoms with E-state index in [1.54, 1.807) is 12.1 Å². The predicted molar refractivity (Wildman–Crippen MR) is 80.8 cm³/mol. The predicted octanol–water partition coefficient (Wildman–Crippen LogP) is 4.61. The minimum Gasteiger partial charge on any atom is -0.398 e. The van der Waals surface area contributed by atoms with Crippen LogP contribution in [0.3, 0.4) is 0 Å². The van der Waals surface area contributed by atoms with Crippen molar-refractivity contribution >= 4 is 43.3 Å². The largest absolute Gasteiger partial charge is 0.398 e. The number of benzene rings is 2. The normalized spacial score (nSPS) is 10.7. The van der Waals surface area contributed by atoms with Gasteiger partial charge in [-0.1, -0.05) is 31.9 Å². The number of hydrogen-bond acceptors (Lipinski definition) is 2. The van der Waals surface area contributed by atoms with Crippen LogP contribution in [0.2, 0.25) is 0 Å². The van der Waals surface area contributed by atoms with Gasteiger partial charge in [0, 0.05) is 31.8 Å². The van der Waals surface area contributed by atoms with E-state index in [-0.39, 0.29) is 11.3 Å². The molecule has 0 radical (unpaired) electrons. The van der Waals surface area contributed by atoms with E-state index < -0.39 is 17.4 Å². The highest BCUT2D eigenvalue weighted by Gasteiger charge is 2.19. The second kappa shape index (κ2) is 5.61. The highest BCUT2D eigenvalue weighted by atomic mass is 79.9. The lowest BCUT2D eigenvalue weighted by molar-refractivity contribution is 0.103. The number of carbonyl (C=O) groups excluding carboxylic acids is 1. The van der Waals surface area contributed by atoms with Crippen molar-refractivity contribution in [2.45, 2.75) is 6.92 Å². The van der Waals surface area contributed by atoms with Gasteiger partial charge in [-0.25, -0.2) is 8.78 Å². The van der Waals surface area contributed by atoms with E-state index in [9.17, 15) is 13.6 Å². The molecule has 6 heteroatoms. The first kappa shape index (κ1) is 15.1.